The molecule has 28 heavy (non-hydrogen) atoms. The summed E-state index contributed by atoms with van der Waals surface area (Å²) in [6.07, 6.45) is 3.24. The third-order valence-corrected chi connectivity index (χ3v) is 5.94. The van der Waals surface area contributed by atoms with Gasteiger partial charge in [0.1, 0.15) is 5.69 Å². The number of nitro benzene ring substituents is 1. The van der Waals surface area contributed by atoms with E-state index < -0.39 is 4.92 Å². The van der Waals surface area contributed by atoms with Crippen molar-refractivity contribution in [3.05, 3.63) is 33.9 Å². The molecule has 0 radical (unpaired) electrons. The molecule has 8 heteroatoms. The molecule has 0 aliphatic carbocycles. The number of rotatable bonds is 4. The van der Waals surface area contributed by atoms with Gasteiger partial charge in [-0.2, -0.15) is 0 Å². The van der Waals surface area contributed by atoms with Gasteiger partial charge in [-0.15, -0.1) is 0 Å². The molecule has 2 fully saturated rings. The van der Waals surface area contributed by atoms with Crippen LogP contribution in [-0.2, 0) is 4.79 Å². The summed E-state index contributed by atoms with van der Waals surface area (Å²) in [5.74, 6) is 0.348. The SMILES string of the molecule is CNC(=O)C1CCN(C(=O)c2ccc(N3CCC(C)CC3)c([N+](=O)[O-])c2)CC1. The second kappa shape index (κ2) is 8.58. The van der Waals surface area contributed by atoms with Gasteiger partial charge in [-0.25, -0.2) is 0 Å². The van der Waals surface area contributed by atoms with E-state index in [1.807, 2.05) is 4.90 Å². The maximum Gasteiger partial charge on any atom is 0.293 e. The molecule has 1 aromatic rings. The maximum absolute atomic E-state index is 12.8. The number of nitro groups is 1. The Balaban J connectivity index is 1.74. The van der Waals surface area contributed by atoms with Crippen LogP contribution in [0, 0.1) is 22.0 Å². The third kappa shape index (κ3) is 4.26. The highest BCUT2D eigenvalue weighted by molar-refractivity contribution is 5.96. The van der Waals surface area contributed by atoms with Crippen LogP contribution in [0.15, 0.2) is 18.2 Å². The predicted octanol–water partition coefficient (Wildman–Crippen LogP) is 2.43. The summed E-state index contributed by atoms with van der Waals surface area (Å²) in [4.78, 5) is 39.6. The Hall–Kier alpha value is -2.64. The number of anilines is 1. The number of amides is 2. The van der Waals surface area contributed by atoms with Crippen LogP contribution in [0.5, 0.6) is 0 Å². The first kappa shape index (κ1) is 20.1. The third-order valence-electron chi connectivity index (χ3n) is 5.94. The molecule has 1 N–H and O–H groups in total. The predicted molar refractivity (Wildman–Crippen MR) is 106 cm³/mol. The van der Waals surface area contributed by atoms with E-state index in [-0.39, 0.29) is 23.4 Å². The lowest BCUT2D eigenvalue weighted by Gasteiger charge is -2.32. The van der Waals surface area contributed by atoms with E-state index in [2.05, 4.69) is 12.2 Å². The molecule has 2 aliphatic heterocycles. The van der Waals surface area contributed by atoms with Crippen molar-refractivity contribution < 1.29 is 14.5 Å². The first-order valence-electron chi connectivity index (χ1n) is 9.95. The lowest BCUT2D eigenvalue weighted by molar-refractivity contribution is -0.384. The minimum atomic E-state index is -0.401. The molecule has 0 bridgehead atoms. The summed E-state index contributed by atoms with van der Waals surface area (Å²) in [5, 5.41) is 14.3. The topological polar surface area (TPSA) is 95.8 Å². The summed E-state index contributed by atoms with van der Waals surface area (Å²) >= 11 is 0. The second-order valence-corrected chi connectivity index (χ2v) is 7.81. The molecular weight excluding hydrogens is 360 g/mol. The fourth-order valence-corrected chi connectivity index (χ4v) is 4.05. The van der Waals surface area contributed by atoms with Crippen LogP contribution >= 0.6 is 0 Å². The fraction of sp³-hybridized carbons (Fsp3) is 0.600. The Morgan fingerprint density at radius 3 is 2.32 bits per heavy atom. The molecular formula is C20H28N4O4. The maximum atomic E-state index is 12.8. The smallest absolute Gasteiger partial charge is 0.293 e. The van der Waals surface area contributed by atoms with Crippen molar-refractivity contribution in [3.8, 4) is 0 Å². The van der Waals surface area contributed by atoms with Crippen molar-refractivity contribution in [2.24, 2.45) is 11.8 Å². The molecule has 2 saturated heterocycles. The summed E-state index contributed by atoms with van der Waals surface area (Å²) in [7, 11) is 1.61. The number of hydrogen-bond acceptors (Lipinski definition) is 5. The second-order valence-electron chi connectivity index (χ2n) is 7.81. The van der Waals surface area contributed by atoms with E-state index in [0.717, 1.165) is 25.9 Å². The Morgan fingerprint density at radius 2 is 1.75 bits per heavy atom. The number of benzene rings is 1. The molecule has 3 rings (SSSR count). The Bertz CT molecular complexity index is 751. The van der Waals surface area contributed by atoms with E-state index >= 15 is 0 Å². The highest BCUT2D eigenvalue weighted by Crippen LogP contribution is 2.33. The molecule has 0 unspecified atom stereocenters. The van der Waals surface area contributed by atoms with E-state index in [1.54, 1.807) is 24.1 Å². The number of carbonyl (C=O) groups is 2. The normalized spacial score (nSPS) is 18.8. The molecule has 2 aliphatic rings. The number of carbonyl (C=O) groups excluding carboxylic acids is 2. The van der Waals surface area contributed by atoms with Crippen molar-refractivity contribution in [1.29, 1.82) is 0 Å². The van der Waals surface area contributed by atoms with E-state index in [0.29, 0.717) is 43.1 Å². The summed E-state index contributed by atoms with van der Waals surface area (Å²) in [5.41, 5.74) is 0.909. The summed E-state index contributed by atoms with van der Waals surface area (Å²) in [6, 6.07) is 4.80. The van der Waals surface area contributed by atoms with Gasteiger partial charge in [0, 0.05) is 50.8 Å². The molecule has 1 aromatic carbocycles. The standard InChI is InChI=1S/C20H28N4O4/c1-14-5-9-22(10-6-14)17-4-3-16(13-18(17)24(27)28)20(26)23-11-7-15(8-12-23)19(25)21-2/h3-4,13-15H,5-12H2,1-2H3,(H,21,25). The zero-order valence-corrected chi connectivity index (χ0v) is 16.5. The van der Waals surface area contributed by atoms with Crippen molar-refractivity contribution >= 4 is 23.2 Å². The number of likely N-dealkylation sites (tertiary alicyclic amines) is 1. The van der Waals surface area contributed by atoms with Gasteiger partial charge in [0.15, 0.2) is 0 Å². The Labute approximate surface area is 165 Å². The van der Waals surface area contributed by atoms with Gasteiger partial charge in [0.25, 0.3) is 11.6 Å². The van der Waals surface area contributed by atoms with Crippen molar-refractivity contribution in [1.82, 2.24) is 10.2 Å². The molecule has 0 spiro atoms. The summed E-state index contributed by atoms with van der Waals surface area (Å²) in [6.45, 7) is 4.75. The van der Waals surface area contributed by atoms with Gasteiger partial charge in [-0.3, -0.25) is 19.7 Å². The molecule has 0 saturated carbocycles. The lowest BCUT2D eigenvalue weighted by atomic mass is 9.95. The number of nitrogens with zero attached hydrogens (tertiary/aromatic N) is 3. The average Bonchev–Trinajstić information content (AvgIpc) is 2.73. The first-order valence-corrected chi connectivity index (χ1v) is 9.95. The molecule has 0 atom stereocenters. The van der Waals surface area contributed by atoms with Crippen LogP contribution in [0.3, 0.4) is 0 Å². The van der Waals surface area contributed by atoms with Gasteiger partial charge in [-0.05, 0) is 43.7 Å². The lowest BCUT2D eigenvalue weighted by Crippen LogP contribution is -2.42. The average molecular weight is 388 g/mol. The van der Waals surface area contributed by atoms with Crippen molar-refractivity contribution in [2.45, 2.75) is 32.6 Å². The minimum Gasteiger partial charge on any atom is -0.366 e. The zero-order valence-electron chi connectivity index (χ0n) is 16.5. The summed E-state index contributed by atoms with van der Waals surface area (Å²) < 4.78 is 0. The zero-order chi connectivity index (χ0) is 20.3. The van der Waals surface area contributed by atoms with Crippen molar-refractivity contribution in [2.75, 3.05) is 38.1 Å². The molecule has 0 aromatic heterocycles. The monoisotopic (exact) mass is 388 g/mol. The highest BCUT2D eigenvalue weighted by atomic mass is 16.6. The number of nitrogens with one attached hydrogen (secondary N) is 1. The number of piperidine rings is 2. The fourth-order valence-electron chi connectivity index (χ4n) is 4.05. The first-order chi connectivity index (χ1) is 13.4. The number of hydrogen-bond donors (Lipinski definition) is 1. The van der Waals surface area contributed by atoms with Crippen LogP contribution in [0.2, 0.25) is 0 Å². The van der Waals surface area contributed by atoms with Gasteiger partial charge >= 0.3 is 0 Å². The van der Waals surface area contributed by atoms with Crippen LogP contribution in [-0.4, -0.2) is 54.9 Å². The Kier molecular flexibility index (Phi) is 6.16. The molecule has 8 nitrogen and oxygen atoms in total. The highest BCUT2D eigenvalue weighted by Gasteiger charge is 2.29. The van der Waals surface area contributed by atoms with E-state index in [9.17, 15) is 19.7 Å². The molecule has 2 amide bonds. The van der Waals surface area contributed by atoms with Crippen LogP contribution in [0.1, 0.15) is 43.0 Å². The van der Waals surface area contributed by atoms with E-state index in [4.69, 9.17) is 0 Å². The van der Waals surface area contributed by atoms with Crippen LogP contribution < -0.4 is 10.2 Å². The largest absolute Gasteiger partial charge is 0.366 e. The van der Waals surface area contributed by atoms with Gasteiger partial charge < -0.3 is 15.1 Å². The van der Waals surface area contributed by atoms with E-state index in [1.165, 1.54) is 6.07 Å². The Morgan fingerprint density at radius 1 is 1.11 bits per heavy atom. The van der Waals surface area contributed by atoms with Crippen LogP contribution in [0.25, 0.3) is 0 Å². The van der Waals surface area contributed by atoms with Gasteiger partial charge in [0.05, 0.1) is 4.92 Å². The van der Waals surface area contributed by atoms with Crippen LogP contribution in [0.4, 0.5) is 11.4 Å². The molecule has 2 heterocycles. The molecule has 152 valence electrons. The van der Waals surface area contributed by atoms with Gasteiger partial charge in [0.2, 0.25) is 5.91 Å². The quantitative estimate of drug-likeness (QED) is 0.631. The van der Waals surface area contributed by atoms with Crippen molar-refractivity contribution in [3.63, 3.8) is 0 Å². The van der Waals surface area contributed by atoms with Gasteiger partial charge in [-0.1, -0.05) is 6.92 Å². The minimum absolute atomic E-state index is 0.00272.